The van der Waals surface area contributed by atoms with Crippen LogP contribution in [-0.4, -0.2) is 0 Å². The van der Waals surface area contributed by atoms with Crippen LogP contribution in [0.25, 0.3) is 11.0 Å². The van der Waals surface area contributed by atoms with Crippen LogP contribution in [0, 0.1) is 0 Å². The molecule has 1 unspecified atom stereocenters. The van der Waals surface area contributed by atoms with Gasteiger partial charge < -0.3 is 10.2 Å². The lowest BCUT2D eigenvalue weighted by molar-refractivity contribution is 0.610. The van der Waals surface area contributed by atoms with Crippen LogP contribution in [-0.2, 0) is 6.54 Å². The Morgan fingerprint density at radius 2 is 2.20 bits per heavy atom. The first-order valence-corrected chi connectivity index (χ1v) is 5.46. The van der Waals surface area contributed by atoms with E-state index in [4.69, 9.17) is 10.2 Å². The number of rotatable bonds is 3. The minimum atomic E-state index is 0.539. The Hall–Kier alpha value is -1.28. The lowest BCUT2D eigenvalue weighted by Crippen LogP contribution is -1.95. The Balaban J connectivity index is 2.52. The predicted octanol–water partition coefficient (Wildman–Crippen LogP) is 3.41. The standard InChI is InChI=1S/C13H17NO/c1-3-9(2)10-4-5-13-12(6-10)11(7-14)8-15-13/h4-6,8-9H,3,7,14H2,1-2H3. The minimum Gasteiger partial charge on any atom is -0.464 e. The number of nitrogens with two attached hydrogens (primary N) is 1. The first-order chi connectivity index (χ1) is 7.26. The summed E-state index contributed by atoms with van der Waals surface area (Å²) >= 11 is 0. The summed E-state index contributed by atoms with van der Waals surface area (Å²) < 4.78 is 5.43. The van der Waals surface area contributed by atoms with Crippen LogP contribution >= 0.6 is 0 Å². The van der Waals surface area contributed by atoms with E-state index in [0.29, 0.717) is 12.5 Å². The molecule has 0 saturated carbocycles. The molecule has 2 rings (SSSR count). The van der Waals surface area contributed by atoms with E-state index in [1.54, 1.807) is 6.26 Å². The Kier molecular flexibility index (Phi) is 2.78. The highest BCUT2D eigenvalue weighted by molar-refractivity contribution is 5.81. The molecule has 0 fully saturated rings. The zero-order valence-corrected chi connectivity index (χ0v) is 9.29. The van der Waals surface area contributed by atoms with E-state index in [9.17, 15) is 0 Å². The van der Waals surface area contributed by atoms with Crippen LogP contribution in [0.2, 0.25) is 0 Å². The van der Waals surface area contributed by atoms with Gasteiger partial charge in [0.2, 0.25) is 0 Å². The second kappa shape index (κ2) is 4.07. The normalized spacial score (nSPS) is 13.3. The molecule has 15 heavy (non-hydrogen) atoms. The topological polar surface area (TPSA) is 39.2 Å². The molecule has 1 heterocycles. The van der Waals surface area contributed by atoms with Crippen molar-refractivity contribution in [2.45, 2.75) is 32.7 Å². The lowest BCUT2D eigenvalue weighted by Gasteiger charge is -2.08. The zero-order valence-electron chi connectivity index (χ0n) is 9.29. The van der Waals surface area contributed by atoms with Crippen molar-refractivity contribution >= 4 is 11.0 Å². The highest BCUT2D eigenvalue weighted by Gasteiger charge is 2.08. The molecule has 0 aliphatic carbocycles. The third-order valence-corrected chi connectivity index (χ3v) is 3.08. The van der Waals surface area contributed by atoms with Gasteiger partial charge in [-0.05, 0) is 30.0 Å². The fraction of sp³-hybridized carbons (Fsp3) is 0.385. The number of fused-ring (bicyclic) bond motifs is 1. The smallest absolute Gasteiger partial charge is 0.134 e. The summed E-state index contributed by atoms with van der Waals surface area (Å²) in [6, 6.07) is 6.38. The van der Waals surface area contributed by atoms with Crippen molar-refractivity contribution in [3.05, 3.63) is 35.6 Å². The summed E-state index contributed by atoms with van der Waals surface area (Å²) in [7, 11) is 0. The predicted molar refractivity (Wildman–Crippen MR) is 62.8 cm³/mol. The number of hydrogen-bond acceptors (Lipinski definition) is 2. The monoisotopic (exact) mass is 203 g/mol. The van der Waals surface area contributed by atoms with E-state index in [1.165, 1.54) is 5.56 Å². The van der Waals surface area contributed by atoms with Gasteiger partial charge in [-0.25, -0.2) is 0 Å². The molecule has 1 aromatic heterocycles. The van der Waals surface area contributed by atoms with E-state index in [1.807, 2.05) is 6.07 Å². The molecule has 0 aliphatic rings. The molecule has 0 radical (unpaired) electrons. The van der Waals surface area contributed by atoms with Crippen LogP contribution in [0.3, 0.4) is 0 Å². The maximum absolute atomic E-state index is 5.66. The molecule has 2 aromatic rings. The van der Waals surface area contributed by atoms with E-state index in [0.717, 1.165) is 23.0 Å². The van der Waals surface area contributed by atoms with Crippen LogP contribution in [0.4, 0.5) is 0 Å². The molecular weight excluding hydrogens is 186 g/mol. The first kappa shape index (κ1) is 10.2. The van der Waals surface area contributed by atoms with Crippen molar-refractivity contribution in [1.29, 1.82) is 0 Å². The third kappa shape index (κ3) is 1.77. The highest BCUT2D eigenvalue weighted by Crippen LogP contribution is 2.26. The molecule has 2 nitrogen and oxygen atoms in total. The van der Waals surface area contributed by atoms with Gasteiger partial charge in [0, 0.05) is 17.5 Å². The lowest BCUT2D eigenvalue weighted by atomic mass is 9.97. The van der Waals surface area contributed by atoms with E-state index in [-0.39, 0.29) is 0 Å². The molecule has 80 valence electrons. The van der Waals surface area contributed by atoms with E-state index in [2.05, 4.69) is 26.0 Å². The average molecular weight is 203 g/mol. The zero-order chi connectivity index (χ0) is 10.8. The quantitative estimate of drug-likeness (QED) is 0.830. The van der Waals surface area contributed by atoms with Gasteiger partial charge in [0.15, 0.2) is 0 Å². The van der Waals surface area contributed by atoms with Crippen molar-refractivity contribution in [1.82, 2.24) is 0 Å². The number of furan rings is 1. The summed E-state index contributed by atoms with van der Waals surface area (Å²) in [5.74, 6) is 0.593. The van der Waals surface area contributed by atoms with E-state index < -0.39 is 0 Å². The second-order valence-electron chi connectivity index (χ2n) is 4.03. The Labute approximate surface area is 90.1 Å². The van der Waals surface area contributed by atoms with Gasteiger partial charge in [0.05, 0.1) is 6.26 Å². The number of hydrogen-bond donors (Lipinski definition) is 1. The van der Waals surface area contributed by atoms with Gasteiger partial charge in [-0.3, -0.25) is 0 Å². The molecule has 0 bridgehead atoms. The second-order valence-corrected chi connectivity index (χ2v) is 4.03. The SMILES string of the molecule is CCC(C)c1ccc2occ(CN)c2c1. The van der Waals surface area contributed by atoms with Crippen molar-refractivity contribution in [2.24, 2.45) is 5.73 Å². The van der Waals surface area contributed by atoms with Gasteiger partial charge in [-0.15, -0.1) is 0 Å². The maximum atomic E-state index is 5.66. The molecule has 0 amide bonds. The summed E-state index contributed by atoms with van der Waals surface area (Å²) in [4.78, 5) is 0. The summed E-state index contributed by atoms with van der Waals surface area (Å²) in [6.07, 6.45) is 2.91. The molecule has 0 saturated heterocycles. The Morgan fingerprint density at radius 1 is 1.40 bits per heavy atom. The summed E-state index contributed by atoms with van der Waals surface area (Å²) in [6.45, 7) is 4.98. The minimum absolute atomic E-state index is 0.539. The Bertz CT molecular complexity index is 459. The van der Waals surface area contributed by atoms with Crippen LogP contribution < -0.4 is 5.73 Å². The third-order valence-electron chi connectivity index (χ3n) is 3.08. The van der Waals surface area contributed by atoms with Gasteiger partial charge in [-0.1, -0.05) is 19.9 Å². The van der Waals surface area contributed by atoms with Crippen LogP contribution in [0.5, 0.6) is 0 Å². The largest absolute Gasteiger partial charge is 0.464 e. The molecule has 0 aliphatic heterocycles. The van der Waals surface area contributed by atoms with E-state index >= 15 is 0 Å². The van der Waals surface area contributed by atoms with Crippen molar-refractivity contribution in [3.63, 3.8) is 0 Å². The summed E-state index contributed by atoms with van der Waals surface area (Å²) in [5, 5.41) is 1.16. The molecule has 0 spiro atoms. The van der Waals surface area contributed by atoms with Crippen molar-refractivity contribution < 1.29 is 4.42 Å². The van der Waals surface area contributed by atoms with Gasteiger partial charge in [0.25, 0.3) is 0 Å². The molecule has 2 heteroatoms. The Morgan fingerprint density at radius 3 is 2.87 bits per heavy atom. The molecular formula is C13H17NO. The van der Waals surface area contributed by atoms with Gasteiger partial charge >= 0.3 is 0 Å². The van der Waals surface area contributed by atoms with Gasteiger partial charge in [-0.2, -0.15) is 0 Å². The first-order valence-electron chi connectivity index (χ1n) is 5.46. The highest BCUT2D eigenvalue weighted by atomic mass is 16.3. The van der Waals surface area contributed by atoms with Crippen molar-refractivity contribution in [3.8, 4) is 0 Å². The van der Waals surface area contributed by atoms with Crippen LogP contribution in [0.15, 0.2) is 28.9 Å². The number of benzene rings is 1. The molecule has 1 aromatic carbocycles. The van der Waals surface area contributed by atoms with Crippen molar-refractivity contribution in [2.75, 3.05) is 0 Å². The average Bonchev–Trinajstić information content (AvgIpc) is 2.69. The summed E-state index contributed by atoms with van der Waals surface area (Å²) in [5.41, 5.74) is 9.05. The molecule has 2 N–H and O–H groups in total. The molecule has 1 atom stereocenters. The fourth-order valence-electron chi connectivity index (χ4n) is 1.80. The maximum Gasteiger partial charge on any atom is 0.134 e. The van der Waals surface area contributed by atoms with Crippen LogP contribution in [0.1, 0.15) is 37.3 Å². The van der Waals surface area contributed by atoms with Gasteiger partial charge in [0.1, 0.15) is 5.58 Å². The fourth-order valence-corrected chi connectivity index (χ4v) is 1.80.